The molecule has 20 heavy (non-hydrogen) atoms. The fraction of sp³-hybridized carbons (Fsp3) is 0.400. The van der Waals surface area contributed by atoms with Crippen LogP contribution in [0.15, 0.2) is 23.1 Å². The molecule has 0 fully saturated rings. The molecule has 0 bridgehead atoms. The van der Waals surface area contributed by atoms with Crippen LogP contribution in [0.3, 0.4) is 0 Å². The molecule has 0 amide bonds. The first-order valence-electron chi connectivity index (χ1n) is 5.42. The van der Waals surface area contributed by atoms with E-state index in [1.807, 2.05) is 4.72 Å². The van der Waals surface area contributed by atoms with Gasteiger partial charge in [-0.05, 0) is 6.07 Å². The van der Waals surface area contributed by atoms with Crippen LogP contribution < -0.4 is 9.46 Å². The van der Waals surface area contributed by atoms with Crippen LogP contribution >= 0.6 is 0 Å². The van der Waals surface area contributed by atoms with Crippen molar-refractivity contribution in [1.82, 2.24) is 4.72 Å². The summed E-state index contributed by atoms with van der Waals surface area (Å²) in [5.41, 5.74) is -0.421. The van der Waals surface area contributed by atoms with Crippen LogP contribution in [0.4, 0.5) is 5.69 Å². The van der Waals surface area contributed by atoms with Crippen molar-refractivity contribution >= 4 is 15.7 Å². The Labute approximate surface area is 115 Å². The number of nitro benzene ring substituents is 1. The third-order valence-corrected chi connectivity index (χ3v) is 3.95. The van der Waals surface area contributed by atoms with Gasteiger partial charge >= 0.3 is 0 Å². The Kier molecular flexibility index (Phi) is 5.39. The summed E-state index contributed by atoms with van der Waals surface area (Å²) in [6.45, 7) is -1.24. The van der Waals surface area contributed by atoms with Crippen LogP contribution in [-0.4, -0.2) is 49.9 Å². The lowest BCUT2D eigenvalue weighted by Crippen LogP contribution is -2.40. The van der Waals surface area contributed by atoms with Crippen molar-refractivity contribution in [3.8, 4) is 5.75 Å². The molecule has 1 aromatic rings. The first-order chi connectivity index (χ1) is 9.35. The molecule has 0 heterocycles. The van der Waals surface area contributed by atoms with E-state index in [1.54, 1.807) is 0 Å². The second-order valence-corrected chi connectivity index (χ2v) is 5.46. The Morgan fingerprint density at radius 3 is 2.45 bits per heavy atom. The Hall–Kier alpha value is -1.75. The van der Waals surface area contributed by atoms with Gasteiger partial charge in [0.25, 0.3) is 5.69 Å². The van der Waals surface area contributed by atoms with Crippen molar-refractivity contribution in [2.75, 3.05) is 20.3 Å². The van der Waals surface area contributed by atoms with E-state index in [2.05, 4.69) is 0 Å². The molecule has 0 saturated carbocycles. The van der Waals surface area contributed by atoms with Crippen molar-refractivity contribution in [2.24, 2.45) is 0 Å². The van der Waals surface area contributed by atoms with Gasteiger partial charge in [-0.25, -0.2) is 13.1 Å². The molecule has 0 radical (unpaired) electrons. The molecule has 10 heteroatoms. The lowest BCUT2D eigenvalue weighted by Gasteiger charge is -2.15. The number of nitrogens with zero attached hydrogens (tertiary/aromatic N) is 1. The molecule has 1 aromatic carbocycles. The number of aliphatic hydroxyl groups is 2. The predicted molar refractivity (Wildman–Crippen MR) is 67.9 cm³/mol. The predicted octanol–water partition coefficient (Wildman–Crippen LogP) is -0.765. The number of aliphatic hydroxyl groups excluding tert-OH is 2. The minimum absolute atomic E-state index is 0.0854. The first kappa shape index (κ1) is 16.3. The quantitative estimate of drug-likeness (QED) is 0.444. The van der Waals surface area contributed by atoms with Gasteiger partial charge in [-0.2, -0.15) is 0 Å². The lowest BCUT2D eigenvalue weighted by atomic mass is 10.3. The summed E-state index contributed by atoms with van der Waals surface area (Å²) >= 11 is 0. The number of hydrogen-bond donors (Lipinski definition) is 3. The number of rotatable bonds is 7. The molecule has 3 N–H and O–H groups in total. The smallest absolute Gasteiger partial charge is 0.271 e. The number of benzene rings is 1. The zero-order valence-corrected chi connectivity index (χ0v) is 11.3. The summed E-state index contributed by atoms with van der Waals surface area (Å²) in [6.07, 6.45) is 0. The average molecular weight is 306 g/mol. The Morgan fingerprint density at radius 2 is 2.00 bits per heavy atom. The van der Waals surface area contributed by atoms with E-state index in [0.717, 1.165) is 18.2 Å². The van der Waals surface area contributed by atoms with Crippen molar-refractivity contribution in [2.45, 2.75) is 10.9 Å². The molecule has 0 aliphatic carbocycles. The van der Waals surface area contributed by atoms with Crippen molar-refractivity contribution in [1.29, 1.82) is 0 Å². The summed E-state index contributed by atoms with van der Waals surface area (Å²) < 4.78 is 31.0. The van der Waals surface area contributed by atoms with E-state index < -0.39 is 44.8 Å². The fourth-order valence-corrected chi connectivity index (χ4v) is 2.81. The molecule has 0 aliphatic heterocycles. The van der Waals surface area contributed by atoms with Crippen LogP contribution in [0.25, 0.3) is 0 Å². The molecular weight excluding hydrogens is 292 g/mol. The largest absolute Gasteiger partial charge is 0.495 e. The summed E-state index contributed by atoms with van der Waals surface area (Å²) in [4.78, 5) is 9.50. The molecule has 0 saturated heterocycles. The summed E-state index contributed by atoms with van der Waals surface area (Å²) in [5.74, 6) is -0.0854. The van der Waals surface area contributed by atoms with Crippen LogP contribution in [0.2, 0.25) is 0 Å². The van der Waals surface area contributed by atoms with Crippen LogP contribution in [0.5, 0.6) is 5.75 Å². The van der Waals surface area contributed by atoms with Gasteiger partial charge in [-0.3, -0.25) is 10.1 Å². The fourth-order valence-electron chi connectivity index (χ4n) is 1.40. The highest BCUT2D eigenvalue weighted by Crippen LogP contribution is 2.28. The van der Waals surface area contributed by atoms with Crippen molar-refractivity contribution in [3.63, 3.8) is 0 Å². The third-order valence-electron chi connectivity index (χ3n) is 2.41. The number of ether oxygens (including phenoxy) is 1. The molecule has 112 valence electrons. The molecule has 0 aliphatic rings. The van der Waals surface area contributed by atoms with E-state index in [1.165, 1.54) is 7.11 Å². The highest BCUT2D eigenvalue weighted by atomic mass is 32.2. The number of non-ortho nitro benzene ring substituents is 1. The lowest BCUT2D eigenvalue weighted by molar-refractivity contribution is -0.385. The van der Waals surface area contributed by atoms with Crippen LogP contribution in [-0.2, 0) is 10.0 Å². The number of sulfonamides is 1. The van der Waals surface area contributed by atoms with E-state index >= 15 is 0 Å². The van der Waals surface area contributed by atoms with E-state index in [4.69, 9.17) is 14.9 Å². The standard InChI is InChI=1S/C10H14N2O7S/c1-19-9-3-2-8(12(15)16)4-10(9)20(17,18)11-7(5-13)6-14/h2-4,7,11,13-14H,5-6H2,1H3. The number of nitro groups is 1. The highest BCUT2D eigenvalue weighted by Gasteiger charge is 2.25. The zero-order chi connectivity index (χ0) is 15.3. The summed E-state index contributed by atoms with van der Waals surface area (Å²) in [7, 11) is -2.96. The normalized spacial score (nSPS) is 11.6. The zero-order valence-electron chi connectivity index (χ0n) is 10.5. The number of methoxy groups -OCH3 is 1. The SMILES string of the molecule is COc1ccc([N+](=O)[O-])cc1S(=O)(=O)NC(CO)CO. The Bertz CT molecular complexity index is 583. The van der Waals surface area contributed by atoms with E-state index in [0.29, 0.717) is 0 Å². The number of nitrogens with one attached hydrogen (secondary N) is 1. The molecule has 0 spiro atoms. The van der Waals surface area contributed by atoms with Gasteiger partial charge in [0.05, 0.1) is 31.3 Å². The summed E-state index contributed by atoms with van der Waals surface area (Å²) in [5, 5.41) is 28.4. The van der Waals surface area contributed by atoms with Gasteiger partial charge in [0, 0.05) is 12.1 Å². The van der Waals surface area contributed by atoms with E-state index in [9.17, 15) is 18.5 Å². The molecule has 0 unspecified atom stereocenters. The first-order valence-corrected chi connectivity index (χ1v) is 6.90. The monoisotopic (exact) mass is 306 g/mol. The molecule has 0 atom stereocenters. The molecule has 1 rings (SSSR count). The Morgan fingerprint density at radius 1 is 1.40 bits per heavy atom. The maximum absolute atomic E-state index is 12.1. The average Bonchev–Trinajstić information content (AvgIpc) is 2.43. The van der Waals surface area contributed by atoms with Gasteiger partial charge in [0.2, 0.25) is 10.0 Å². The maximum Gasteiger partial charge on any atom is 0.271 e. The second-order valence-electron chi connectivity index (χ2n) is 3.78. The van der Waals surface area contributed by atoms with Gasteiger partial charge in [0.1, 0.15) is 10.6 Å². The van der Waals surface area contributed by atoms with Crippen LogP contribution in [0.1, 0.15) is 0 Å². The van der Waals surface area contributed by atoms with Gasteiger partial charge in [0.15, 0.2) is 0 Å². The summed E-state index contributed by atoms with van der Waals surface area (Å²) in [6, 6.07) is 1.99. The maximum atomic E-state index is 12.1. The third kappa shape index (κ3) is 3.63. The Balaban J connectivity index is 3.28. The second kappa shape index (κ2) is 6.61. The van der Waals surface area contributed by atoms with Crippen LogP contribution in [0, 0.1) is 10.1 Å². The molecular formula is C10H14N2O7S. The van der Waals surface area contributed by atoms with Crippen molar-refractivity contribution in [3.05, 3.63) is 28.3 Å². The highest BCUT2D eigenvalue weighted by molar-refractivity contribution is 7.89. The van der Waals surface area contributed by atoms with Gasteiger partial charge in [-0.15, -0.1) is 0 Å². The molecule has 0 aromatic heterocycles. The topological polar surface area (TPSA) is 139 Å². The number of hydrogen-bond acceptors (Lipinski definition) is 7. The van der Waals surface area contributed by atoms with Crippen molar-refractivity contribution < 1.29 is 28.3 Å². The van der Waals surface area contributed by atoms with Gasteiger partial charge in [-0.1, -0.05) is 0 Å². The van der Waals surface area contributed by atoms with Gasteiger partial charge < -0.3 is 14.9 Å². The van der Waals surface area contributed by atoms with E-state index in [-0.39, 0.29) is 5.75 Å². The minimum Gasteiger partial charge on any atom is -0.495 e. The minimum atomic E-state index is -4.18. The molecule has 9 nitrogen and oxygen atoms in total.